The van der Waals surface area contributed by atoms with Gasteiger partial charge >= 0.3 is 0 Å². The summed E-state index contributed by atoms with van der Waals surface area (Å²) in [5.74, 6) is -0.121. The zero-order valence-electron chi connectivity index (χ0n) is 19.2. The van der Waals surface area contributed by atoms with E-state index < -0.39 is 0 Å². The molecule has 7 heteroatoms. The number of hydrogen-bond donors (Lipinski definition) is 2. The second-order valence-corrected chi connectivity index (χ2v) is 8.30. The smallest absolute Gasteiger partial charge is 0.255 e. The Morgan fingerprint density at radius 3 is 2.56 bits per heavy atom. The largest absolute Gasteiger partial charge is 0.381 e. The standard InChI is InChI=1S/C25H33N5O2/c1-4-17-7-9-18(10-8-17)22(5-2)29-25(31)21-15-26-24-20(16-27-30(24)6-3)23(21)28-19-11-13-32-14-12-19/h7-10,15-16,19,22H,4-6,11-14H2,1-3H3,(H,26,28)(H,29,31). The fourth-order valence-corrected chi connectivity index (χ4v) is 4.27. The van der Waals surface area contributed by atoms with Crippen LogP contribution in [0, 0.1) is 0 Å². The summed E-state index contributed by atoms with van der Waals surface area (Å²) >= 11 is 0. The van der Waals surface area contributed by atoms with E-state index in [-0.39, 0.29) is 18.0 Å². The molecule has 3 aromatic rings. The number of fused-ring (bicyclic) bond motifs is 1. The molecule has 2 N–H and O–H groups in total. The summed E-state index contributed by atoms with van der Waals surface area (Å²) in [5, 5.41) is 12.2. The molecule has 0 bridgehead atoms. The number of benzene rings is 1. The first-order valence-corrected chi connectivity index (χ1v) is 11.7. The number of amides is 1. The third-order valence-electron chi connectivity index (χ3n) is 6.28. The minimum Gasteiger partial charge on any atom is -0.381 e. The van der Waals surface area contributed by atoms with Gasteiger partial charge in [-0.05, 0) is 43.7 Å². The number of carbonyl (C=O) groups is 1. The zero-order chi connectivity index (χ0) is 22.5. The summed E-state index contributed by atoms with van der Waals surface area (Å²) in [7, 11) is 0. The first-order valence-electron chi connectivity index (χ1n) is 11.7. The lowest BCUT2D eigenvalue weighted by Gasteiger charge is -2.26. The molecular formula is C25H33N5O2. The van der Waals surface area contributed by atoms with Gasteiger partial charge in [0.1, 0.15) is 0 Å². The minimum absolute atomic E-state index is 0.0570. The molecule has 7 nitrogen and oxygen atoms in total. The van der Waals surface area contributed by atoms with Crippen molar-refractivity contribution < 1.29 is 9.53 Å². The molecule has 4 rings (SSSR count). The Bertz CT molecular complexity index is 1050. The predicted octanol–water partition coefficient (Wildman–Crippen LogP) is 4.49. The molecule has 3 heterocycles. The van der Waals surface area contributed by atoms with E-state index in [2.05, 4.69) is 58.8 Å². The van der Waals surface area contributed by atoms with Crippen molar-refractivity contribution in [2.24, 2.45) is 0 Å². The van der Waals surface area contributed by atoms with Crippen LogP contribution in [0.15, 0.2) is 36.7 Å². The fourth-order valence-electron chi connectivity index (χ4n) is 4.27. The number of rotatable bonds is 8. The highest BCUT2D eigenvalue weighted by Gasteiger charge is 2.23. The van der Waals surface area contributed by atoms with Gasteiger partial charge in [0.05, 0.1) is 28.9 Å². The Morgan fingerprint density at radius 1 is 1.16 bits per heavy atom. The summed E-state index contributed by atoms with van der Waals surface area (Å²) in [4.78, 5) is 18.0. The van der Waals surface area contributed by atoms with Crippen molar-refractivity contribution in [3.05, 3.63) is 53.3 Å². The van der Waals surface area contributed by atoms with Crippen LogP contribution < -0.4 is 10.6 Å². The first kappa shape index (κ1) is 22.3. The quantitative estimate of drug-likeness (QED) is 0.545. The molecule has 1 aliphatic heterocycles. The maximum atomic E-state index is 13.4. The van der Waals surface area contributed by atoms with Crippen LogP contribution in [0.25, 0.3) is 11.0 Å². The van der Waals surface area contributed by atoms with E-state index in [1.165, 1.54) is 5.56 Å². The van der Waals surface area contributed by atoms with Gasteiger partial charge in [0, 0.05) is 32.0 Å². The molecule has 170 valence electrons. The molecule has 2 aromatic heterocycles. The number of ether oxygens (including phenoxy) is 1. The highest BCUT2D eigenvalue weighted by atomic mass is 16.5. The van der Waals surface area contributed by atoms with E-state index in [0.29, 0.717) is 5.56 Å². The van der Waals surface area contributed by atoms with Crippen LogP contribution >= 0.6 is 0 Å². The lowest BCUT2D eigenvalue weighted by molar-refractivity contribution is 0.0903. The Kier molecular flexibility index (Phi) is 7.05. The predicted molar refractivity (Wildman–Crippen MR) is 127 cm³/mol. The van der Waals surface area contributed by atoms with Gasteiger partial charge in [-0.15, -0.1) is 0 Å². The third-order valence-corrected chi connectivity index (χ3v) is 6.28. The summed E-state index contributed by atoms with van der Waals surface area (Å²) in [6, 6.07) is 8.69. The Balaban J connectivity index is 1.64. The minimum atomic E-state index is -0.121. The molecule has 1 aromatic carbocycles. The van der Waals surface area contributed by atoms with Gasteiger partial charge in [0.2, 0.25) is 0 Å². The highest BCUT2D eigenvalue weighted by molar-refractivity contribution is 6.06. The maximum absolute atomic E-state index is 13.4. The first-order chi connectivity index (χ1) is 15.6. The molecule has 1 aliphatic rings. The molecule has 0 saturated carbocycles. The van der Waals surface area contributed by atoms with Crippen LogP contribution in [-0.4, -0.2) is 39.9 Å². The molecule has 1 unspecified atom stereocenters. The van der Waals surface area contributed by atoms with Gasteiger partial charge in [-0.3, -0.25) is 4.79 Å². The van der Waals surface area contributed by atoms with Crippen molar-refractivity contribution >= 4 is 22.6 Å². The second-order valence-electron chi connectivity index (χ2n) is 8.30. The monoisotopic (exact) mass is 435 g/mol. The number of aromatic nitrogens is 3. The summed E-state index contributed by atoms with van der Waals surface area (Å²) < 4.78 is 7.37. The Morgan fingerprint density at radius 2 is 1.91 bits per heavy atom. The van der Waals surface area contributed by atoms with Crippen molar-refractivity contribution in [2.45, 2.75) is 65.1 Å². The van der Waals surface area contributed by atoms with Crippen LogP contribution in [0.3, 0.4) is 0 Å². The van der Waals surface area contributed by atoms with Crippen molar-refractivity contribution in [2.75, 3.05) is 18.5 Å². The van der Waals surface area contributed by atoms with Crippen LogP contribution in [-0.2, 0) is 17.7 Å². The SMILES string of the molecule is CCc1ccc(C(CC)NC(=O)c2cnc3c(cnn3CC)c2NC2CCOCC2)cc1. The number of anilines is 1. The molecule has 32 heavy (non-hydrogen) atoms. The van der Waals surface area contributed by atoms with E-state index in [0.717, 1.165) is 67.7 Å². The Hall–Kier alpha value is -2.93. The van der Waals surface area contributed by atoms with Crippen LogP contribution in [0.1, 0.15) is 67.6 Å². The van der Waals surface area contributed by atoms with Crippen molar-refractivity contribution in [3.8, 4) is 0 Å². The van der Waals surface area contributed by atoms with Crippen LogP contribution in [0.4, 0.5) is 5.69 Å². The number of pyridine rings is 1. The van der Waals surface area contributed by atoms with Gasteiger partial charge in [-0.25, -0.2) is 9.67 Å². The van der Waals surface area contributed by atoms with E-state index >= 15 is 0 Å². The van der Waals surface area contributed by atoms with Gasteiger partial charge in [0.25, 0.3) is 5.91 Å². The topological polar surface area (TPSA) is 81.1 Å². The van der Waals surface area contributed by atoms with E-state index in [9.17, 15) is 4.79 Å². The number of hydrogen-bond acceptors (Lipinski definition) is 5. The molecule has 0 radical (unpaired) electrons. The van der Waals surface area contributed by atoms with Crippen molar-refractivity contribution in [1.82, 2.24) is 20.1 Å². The lowest BCUT2D eigenvalue weighted by atomic mass is 10.0. The molecule has 1 atom stereocenters. The van der Waals surface area contributed by atoms with E-state index in [1.807, 2.05) is 17.8 Å². The summed E-state index contributed by atoms with van der Waals surface area (Å²) in [6.45, 7) is 8.46. The molecule has 1 fully saturated rings. The lowest BCUT2D eigenvalue weighted by Crippen LogP contribution is -2.32. The number of nitrogens with zero attached hydrogens (tertiary/aromatic N) is 3. The Labute approximate surface area is 189 Å². The third kappa shape index (κ3) is 4.63. The van der Waals surface area contributed by atoms with E-state index in [4.69, 9.17) is 4.74 Å². The molecule has 1 saturated heterocycles. The molecule has 0 spiro atoms. The average Bonchev–Trinajstić information content (AvgIpc) is 3.27. The molecule has 1 amide bonds. The highest BCUT2D eigenvalue weighted by Crippen LogP contribution is 2.29. The van der Waals surface area contributed by atoms with E-state index in [1.54, 1.807) is 6.20 Å². The summed E-state index contributed by atoms with van der Waals surface area (Å²) in [5.41, 5.74) is 4.57. The average molecular weight is 436 g/mol. The van der Waals surface area contributed by atoms with Crippen molar-refractivity contribution in [1.29, 1.82) is 0 Å². The summed E-state index contributed by atoms with van der Waals surface area (Å²) in [6.07, 6.45) is 7.12. The van der Waals surface area contributed by atoms with Gasteiger partial charge < -0.3 is 15.4 Å². The van der Waals surface area contributed by atoms with Crippen LogP contribution in [0.2, 0.25) is 0 Å². The molecular weight excluding hydrogens is 402 g/mol. The number of carbonyl (C=O) groups excluding carboxylic acids is 1. The van der Waals surface area contributed by atoms with Crippen LogP contribution in [0.5, 0.6) is 0 Å². The zero-order valence-corrected chi connectivity index (χ0v) is 19.2. The maximum Gasteiger partial charge on any atom is 0.255 e. The number of nitrogens with one attached hydrogen (secondary N) is 2. The molecule has 0 aliphatic carbocycles. The van der Waals surface area contributed by atoms with Gasteiger partial charge in [-0.1, -0.05) is 38.1 Å². The fraction of sp³-hybridized carbons (Fsp3) is 0.480. The van der Waals surface area contributed by atoms with Crippen molar-refractivity contribution in [3.63, 3.8) is 0 Å². The number of aryl methyl sites for hydroxylation is 2. The second kappa shape index (κ2) is 10.1. The van der Waals surface area contributed by atoms with Gasteiger partial charge in [-0.2, -0.15) is 5.10 Å². The van der Waals surface area contributed by atoms with Gasteiger partial charge in [0.15, 0.2) is 5.65 Å². The normalized spacial score (nSPS) is 15.6.